The summed E-state index contributed by atoms with van der Waals surface area (Å²) in [7, 11) is 4.61. The first kappa shape index (κ1) is 16.0. The van der Waals surface area contributed by atoms with Gasteiger partial charge in [-0.05, 0) is 36.9 Å². The second-order valence-corrected chi connectivity index (χ2v) is 4.90. The lowest BCUT2D eigenvalue weighted by molar-refractivity contribution is 0.0561. The minimum absolute atomic E-state index is 0.168. The highest BCUT2D eigenvalue weighted by molar-refractivity contribution is 5.86. The third-order valence-corrected chi connectivity index (χ3v) is 3.14. The first-order valence-corrected chi connectivity index (χ1v) is 6.71. The average molecular weight is 307 g/mol. The Kier molecular flexibility index (Phi) is 5.16. The molecule has 0 atom stereocenters. The fourth-order valence-corrected chi connectivity index (χ4v) is 2.12. The van der Waals surface area contributed by atoms with Crippen molar-refractivity contribution >= 4 is 5.97 Å². The lowest BCUT2D eigenvalue weighted by Gasteiger charge is -2.15. The summed E-state index contributed by atoms with van der Waals surface area (Å²) in [4.78, 5) is 13.3. The molecule has 0 radical (unpaired) electrons. The van der Waals surface area contributed by atoms with Crippen LogP contribution in [0.4, 0.5) is 4.39 Å². The van der Waals surface area contributed by atoms with Gasteiger partial charge >= 0.3 is 5.97 Å². The molecule has 2 rings (SSSR count). The Labute approximate surface area is 128 Å². The van der Waals surface area contributed by atoms with Crippen LogP contribution in [0.1, 0.15) is 21.9 Å². The van der Waals surface area contributed by atoms with Crippen LogP contribution in [0.25, 0.3) is 0 Å². The summed E-state index contributed by atoms with van der Waals surface area (Å²) in [6.45, 7) is 1.03. The van der Waals surface area contributed by atoms with E-state index in [-0.39, 0.29) is 17.3 Å². The van der Waals surface area contributed by atoms with Gasteiger partial charge < -0.3 is 13.9 Å². The van der Waals surface area contributed by atoms with Gasteiger partial charge in [-0.2, -0.15) is 0 Å². The summed E-state index contributed by atoms with van der Waals surface area (Å²) in [5.74, 6) is 0.129. The van der Waals surface area contributed by atoms with E-state index in [9.17, 15) is 9.18 Å². The molecule has 0 amide bonds. The maximum absolute atomic E-state index is 13.6. The number of hydrogen-bond acceptors (Lipinski definition) is 5. The largest absolute Gasteiger partial charge is 0.494 e. The van der Waals surface area contributed by atoms with Gasteiger partial charge in [-0.3, -0.25) is 4.90 Å². The van der Waals surface area contributed by atoms with Crippen molar-refractivity contribution in [1.82, 2.24) is 4.90 Å². The Hall–Kier alpha value is -2.34. The first-order valence-electron chi connectivity index (χ1n) is 6.71. The zero-order chi connectivity index (χ0) is 16.1. The van der Waals surface area contributed by atoms with Crippen molar-refractivity contribution < 1.29 is 23.1 Å². The molecule has 0 aliphatic heterocycles. The van der Waals surface area contributed by atoms with Gasteiger partial charge in [0.25, 0.3) is 0 Å². The van der Waals surface area contributed by atoms with Crippen LogP contribution in [0.3, 0.4) is 0 Å². The fourth-order valence-electron chi connectivity index (χ4n) is 2.12. The van der Waals surface area contributed by atoms with Gasteiger partial charge in [0, 0.05) is 6.54 Å². The molecule has 1 heterocycles. The van der Waals surface area contributed by atoms with Gasteiger partial charge in [0.2, 0.25) is 5.76 Å². The zero-order valence-electron chi connectivity index (χ0n) is 12.8. The van der Waals surface area contributed by atoms with Gasteiger partial charge in [-0.1, -0.05) is 6.07 Å². The SMILES string of the molecule is COC(=O)c1ccc(CN(C)Cc2ccc(OC)c(F)c2)o1. The molecule has 2 aromatic rings. The highest BCUT2D eigenvalue weighted by Gasteiger charge is 2.13. The van der Waals surface area contributed by atoms with E-state index in [0.717, 1.165) is 5.56 Å². The third-order valence-electron chi connectivity index (χ3n) is 3.14. The smallest absolute Gasteiger partial charge is 0.373 e. The third kappa shape index (κ3) is 3.85. The summed E-state index contributed by atoms with van der Waals surface area (Å²) in [5, 5.41) is 0. The van der Waals surface area contributed by atoms with Gasteiger partial charge in [-0.25, -0.2) is 9.18 Å². The van der Waals surface area contributed by atoms with Crippen molar-refractivity contribution in [2.75, 3.05) is 21.3 Å². The van der Waals surface area contributed by atoms with Gasteiger partial charge in [-0.15, -0.1) is 0 Å². The highest BCUT2D eigenvalue weighted by Crippen LogP contribution is 2.19. The van der Waals surface area contributed by atoms with Crippen LogP contribution in [0.2, 0.25) is 0 Å². The molecule has 0 saturated heterocycles. The molecule has 6 heteroatoms. The van der Waals surface area contributed by atoms with Crippen LogP contribution in [-0.4, -0.2) is 32.1 Å². The predicted octanol–water partition coefficient (Wildman–Crippen LogP) is 2.85. The maximum atomic E-state index is 13.6. The molecular formula is C16H18FNO4. The molecular weight excluding hydrogens is 289 g/mol. The number of methoxy groups -OCH3 is 2. The number of esters is 1. The van der Waals surface area contributed by atoms with E-state index < -0.39 is 5.97 Å². The van der Waals surface area contributed by atoms with Crippen molar-refractivity contribution in [2.24, 2.45) is 0 Å². The summed E-state index contributed by atoms with van der Waals surface area (Å²) in [5.41, 5.74) is 0.820. The van der Waals surface area contributed by atoms with Crippen LogP contribution in [0, 0.1) is 5.82 Å². The molecule has 22 heavy (non-hydrogen) atoms. The minimum Gasteiger partial charge on any atom is -0.494 e. The van der Waals surface area contributed by atoms with Crippen molar-refractivity contribution in [1.29, 1.82) is 0 Å². The fraction of sp³-hybridized carbons (Fsp3) is 0.312. The van der Waals surface area contributed by atoms with Crippen LogP contribution >= 0.6 is 0 Å². The molecule has 5 nitrogen and oxygen atoms in total. The number of ether oxygens (including phenoxy) is 2. The summed E-state index contributed by atoms with van der Waals surface area (Å²) >= 11 is 0. The molecule has 0 fully saturated rings. The van der Waals surface area contributed by atoms with Crippen LogP contribution in [0.5, 0.6) is 5.75 Å². The Morgan fingerprint density at radius 2 is 2.00 bits per heavy atom. The number of carbonyl (C=O) groups excluding carboxylic acids is 1. The average Bonchev–Trinajstić information content (AvgIpc) is 2.95. The van der Waals surface area contributed by atoms with E-state index in [4.69, 9.17) is 9.15 Å². The molecule has 1 aromatic heterocycles. The zero-order valence-corrected chi connectivity index (χ0v) is 12.8. The normalized spacial score (nSPS) is 10.8. The lowest BCUT2D eigenvalue weighted by atomic mass is 10.2. The van der Waals surface area contributed by atoms with Crippen LogP contribution in [-0.2, 0) is 17.8 Å². The molecule has 0 N–H and O–H groups in total. The second-order valence-electron chi connectivity index (χ2n) is 4.90. The molecule has 0 aliphatic rings. The van der Waals surface area contributed by atoms with Crippen molar-refractivity contribution in [3.05, 3.63) is 53.2 Å². The molecule has 0 aliphatic carbocycles. The Morgan fingerprint density at radius 1 is 1.23 bits per heavy atom. The summed E-state index contributed by atoms with van der Waals surface area (Å²) < 4.78 is 28.5. The quantitative estimate of drug-likeness (QED) is 0.768. The molecule has 118 valence electrons. The number of carbonyl (C=O) groups is 1. The number of rotatable bonds is 6. The van der Waals surface area contributed by atoms with Gasteiger partial charge in [0.15, 0.2) is 11.6 Å². The number of furan rings is 1. The lowest BCUT2D eigenvalue weighted by Crippen LogP contribution is -2.17. The monoisotopic (exact) mass is 307 g/mol. The number of hydrogen-bond donors (Lipinski definition) is 0. The molecule has 0 saturated carbocycles. The molecule has 0 spiro atoms. The van der Waals surface area contributed by atoms with E-state index in [1.807, 2.05) is 11.9 Å². The molecule has 0 bridgehead atoms. The Bertz CT molecular complexity index is 653. The summed E-state index contributed by atoms with van der Waals surface area (Å²) in [6, 6.07) is 8.14. The second kappa shape index (κ2) is 7.09. The van der Waals surface area contributed by atoms with Crippen molar-refractivity contribution in [3.63, 3.8) is 0 Å². The number of nitrogens with zero attached hydrogens (tertiary/aromatic N) is 1. The Balaban J connectivity index is 1.98. The van der Waals surface area contributed by atoms with E-state index >= 15 is 0 Å². The van der Waals surface area contributed by atoms with Crippen LogP contribution in [0.15, 0.2) is 34.7 Å². The van der Waals surface area contributed by atoms with Gasteiger partial charge in [0.1, 0.15) is 5.76 Å². The highest BCUT2D eigenvalue weighted by atomic mass is 19.1. The van der Waals surface area contributed by atoms with Gasteiger partial charge in [0.05, 0.1) is 20.8 Å². The van der Waals surface area contributed by atoms with E-state index in [2.05, 4.69) is 4.74 Å². The minimum atomic E-state index is -0.508. The summed E-state index contributed by atoms with van der Waals surface area (Å²) in [6.07, 6.45) is 0. The number of benzene rings is 1. The van der Waals surface area contributed by atoms with E-state index in [1.54, 1.807) is 24.3 Å². The standard InChI is InChI=1S/C16H18FNO4/c1-18(9-11-4-6-14(20-2)13(17)8-11)10-12-5-7-15(22-12)16(19)21-3/h4-8H,9-10H2,1-3H3. The Morgan fingerprint density at radius 3 is 2.64 bits per heavy atom. The molecule has 0 unspecified atom stereocenters. The topological polar surface area (TPSA) is 51.9 Å². The van der Waals surface area contributed by atoms with Crippen molar-refractivity contribution in [3.8, 4) is 5.75 Å². The first-order chi connectivity index (χ1) is 10.5. The predicted molar refractivity (Wildman–Crippen MR) is 78.2 cm³/mol. The van der Waals surface area contributed by atoms with E-state index in [0.29, 0.717) is 18.8 Å². The number of halogens is 1. The van der Waals surface area contributed by atoms with Crippen molar-refractivity contribution in [2.45, 2.75) is 13.1 Å². The van der Waals surface area contributed by atoms with E-state index in [1.165, 1.54) is 20.3 Å². The molecule has 1 aromatic carbocycles. The van der Waals surface area contributed by atoms with Crippen LogP contribution < -0.4 is 4.74 Å². The maximum Gasteiger partial charge on any atom is 0.373 e.